The Balaban J connectivity index is 2.10. The molecular weight excluding hydrogens is 200 g/mol. The van der Waals surface area contributed by atoms with Crippen molar-refractivity contribution in [1.29, 1.82) is 0 Å². The molecule has 1 aliphatic rings. The lowest BCUT2D eigenvalue weighted by Crippen LogP contribution is -2.12. The predicted octanol–water partition coefficient (Wildman–Crippen LogP) is 2.43. The molecule has 0 spiro atoms. The number of rotatable bonds is 4. The van der Waals surface area contributed by atoms with Crippen LogP contribution in [0, 0.1) is 12.3 Å². The van der Waals surface area contributed by atoms with Gasteiger partial charge < -0.3 is 10.6 Å². The zero-order valence-electron chi connectivity index (χ0n) is 10.5. The Morgan fingerprint density at radius 2 is 2.19 bits per heavy atom. The van der Waals surface area contributed by atoms with Crippen LogP contribution < -0.4 is 10.6 Å². The maximum absolute atomic E-state index is 4.47. The third kappa shape index (κ3) is 2.26. The van der Waals surface area contributed by atoms with Gasteiger partial charge in [-0.25, -0.2) is 4.98 Å². The molecule has 0 aromatic carbocycles. The maximum Gasteiger partial charge on any atom is 0.224 e. The van der Waals surface area contributed by atoms with E-state index in [0.717, 1.165) is 17.9 Å². The number of aryl methyl sites for hydroxylation is 1. The normalized spacial score (nSPS) is 21.6. The molecule has 1 unspecified atom stereocenters. The fraction of sp³-hybridized carbons (Fsp3) is 0.667. The fourth-order valence-corrected chi connectivity index (χ4v) is 1.71. The third-order valence-electron chi connectivity index (χ3n) is 3.13. The first kappa shape index (κ1) is 11.2. The summed E-state index contributed by atoms with van der Waals surface area (Å²) in [4.78, 5) is 8.70. The summed E-state index contributed by atoms with van der Waals surface area (Å²) in [6, 6.07) is 0.551. The number of nitrogens with one attached hydrogen (secondary N) is 2. The van der Waals surface area contributed by atoms with Crippen LogP contribution in [0.5, 0.6) is 0 Å². The van der Waals surface area contributed by atoms with Gasteiger partial charge in [-0.3, -0.25) is 0 Å². The van der Waals surface area contributed by atoms with Crippen molar-refractivity contribution >= 4 is 11.8 Å². The Morgan fingerprint density at radius 3 is 2.75 bits per heavy atom. The standard InChI is InChI=1S/C12H20N4/c1-5-13-11-14-7-8(2)10(16-11)15-9-6-12(9,3)4/h7,9H,5-6H2,1-4H3,(H2,13,14,15,16). The minimum Gasteiger partial charge on any atom is -0.366 e. The average Bonchev–Trinajstić information content (AvgIpc) is 2.80. The summed E-state index contributed by atoms with van der Waals surface area (Å²) in [6.07, 6.45) is 3.08. The number of nitrogens with zero attached hydrogens (tertiary/aromatic N) is 2. The maximum atomic E-state index is 4.47. The molecule has 4 heteroatoms. The molecule has 0 bridgehead atoms. The van der Waals surface area contributed by atoms with Crippen molar-refractivity contribution in [3.05, 3.63) is 11.8 Å². The van der Waals surface area contributed by atoms with E-state index in [-0.39, 0.29) is 0 Å². The van der Waals surface area contributed by atoms with Crippen molar-refractivity contribution in [2.45, 2.75) is 40.2 Å². The molecule has 1 aromatic rings. The molecule has 1 aromatic heterocycles. The lowest BCUT2D eigenvalue weighted by molar-refractivity contribution is 0.629. The van der Waals surface area contributed by atoms with Crippen LogP contribution in [0.2, 0.25) is 0 Å². The molecule has 2 N–H and O–H groups in total. The average molecular weight is 220 g/mol. The first-order valence-electron chi connectivity index (χ1n) is 5.87. The summed E-state index contributed by atoms with van der Waals surface area (Å²) in [5.41, 5.74) is 1.51. The molecule has 0 radical (unpaired) electrons. The first-order chi connectivity index (χ1) is 7.53. The van der Waals surface area contributed by atoms with E-state index in [0.29, 0.717) is 17.4 Å². The summed E-state index contributed by atoms with van der Waals surface area (Å²) in [6.45, 7) is 9.46. The number of hydrogen-bond acceptors (Lipinski definition) is 4. The molecule has 4 nitrogen and oxygen atoms in total. The minimum atomic E-state index is 0.412. The molecular formula is C12H20N4. The van der Waals surface area contributed by atoms with Crippen molar-refractivity contribution in [2.24, 2.45) is 5.41 Å². The van der Waals surface area contributed by atoms with Crippen molar-refractivity contribution in [3.8, 4) is 0 Å². The van der Waals surface area contributed by atoms with E-state index in [1.54, 1.807) is 0 Å². The van der Waals surface area contributed by atoms with E-state index in [1.165, 1.54) is 6.42 Å². The van der Waals surface area contributed by atoms with E-state index in [2.05, 4.69) is 34.4 Å². The number of aromatic nitrogens is 2. The van der Waals surface area contributed by atoms with Crippen molar-refractivity contribution in [2.75, 3.05) is 17.2 Å². The minimum absolute atomic E-state index is 0.412. The van der Waals surface area contributed by atoms with Crippen LogP contribution in [-0.2, 0) is 0 Å². The van der Waals surface area contributed by atoms with E-state index < -0.39 is 0 Å². The van der Waals surface area contributed by atoms with Gasteiger partial charge in [0.05, 0.1) is 0 Å². The van der Waals surface area contributed by atoms with Gasteiger partial charge in [-0.2, -0.15) is 4.98 Å². The van der Waals surface area contributed by atoms with Crippen molar-refractivity contribution in [3.63, 3.8) is 0 Å². The molecule has 16 heavy (non-hydrogen) atoms. The first-order valence-corrected chi connectivity index (χ1v) is 5.87. The quantitative estimate of drug-likeness (QED) is 0.818. The predicted molar refractivity (Wildman–Crippen MR) is 66.7 cm³/mol. The lowest BCUT2D eigenvalue weighted by Gasteiger charge is -2.11. The van der Waals surface area contributed by atoms with Gasteiger partial charge >= 0.3 is 0 Å². The zero-order chi connectivity index (χ0) is 11.8. The largest absolute Gasteiger partial charge is 0.366 e. The van der Waals surface area contributed by atoms with Crippen LogP contribution >= 0.6 is 0 Å². The Kier molecular flexibility index (Phi) is 2.74. The van der Waals surface area contributed by atoms with Crippen LogP contribution in [0.4, 0.5) is 11.8 Å². The molecule has 1 heterocycles. The van der Waals surface area contributed by atoms with Crippen LogP contribution in [0.15, 0.2) is 6.20 Å². The summed E-state index contributed by atoms with van der Waals surface area (Å²) in [5, 5.41) is 6.61. The van der Waals surface area contributed by atoms with Gasteiger partial charge in [0, 0.05) is 24.3 Å². The fourth-order valence-electron chi connectivity index (χ4n) is 1.71. The SMILES string of the molecule is CCNc1ncc(C)c(NC2CC2(C)C)n1. The summed E-state index contributed by atoms with van der Waals surface area (Å²) in [7, 11) is 0. The molecule has 0 saturated heterocycles. The smallest absolute Gasteiger partial charge is 0.224 e. The van der Waals surface area contributed by atoms with E-state index in [9.17, 15) is 0 Å². The molecule has 0 aliphatic heterocycles. The molecule has 1 aliphatic carbocycles. The highest BCUT2D eigenvalue weighted by Gasteiger charge is 2.46. The Morgan fingerprint density at radius 1 is 1.50 bits per heavy atom. The Hall–Kier alpha value is -1.32. The lowest BCUT2D eigenvalue weighted by atomic mass is 10.2. The van der Waals surface area contributed by atoms with Crippen LogP contribution in [0.1, 0.15) is 32.8 Å². The highest BCUT2D eigenvalue weighted by molar-refractivity contribution is 5.48. The van der Waals surface area contributed by atoms with Gasteiger partial charge in [0.25, 0.3) is 0 Å². The molecule has 1 saturated carbocycles. The van der Waals surface area contributed by atoms with Crippen LogP contribution in [0.25, 0.3) is 0 Å². The van der Waals surface area contributed by atoms with Crippen molar-refractivity contribution in [1.82, 2.24) is 9.97 Å². The second kappa shape index (κ2) is 3.92. The molecule has 88 valence electrons. The second-order valence-electron chi connectivity index (χ2n) is 5.15. The monoisotopic (exact) mass is 220 g/mol. The summed E-state index contributed by atoms with van der Waals surface area (Å²) < 4.78 is 0. The molecule has 0 amide bonds. The van der Waals surface area contributed by atoms with Gasteiger partial charge in [0.1, 0.15) is 5.82 Å². The van der Waals surface area contributed by atoms with Gasteiger partial charge in [-0.05, 0) is 25.7 Å². The highest BCUT2D eigenvalue weighted by atomic mass is 15.2. The number of hydrogen-bond donors (Lipinski definition) is 2. The highest BCUT2D eigenvalue weighted by Crippen LogP contribution is 2.46. The third-order valence-corrected chi connectivity index (χ3v) is 3.13. The molecule has 1 fully saturated rings. The molecule has 1 atom stereocenters. The summed E-state index contributed by atoms with van der Waals surface area (Å²) >= 11 is 0. The van der Waals surface area contributed by atoms with Gasteiger partial charge in [-0.15, -0.1) is 0 Å². The van der Waals surface area contributed by atoms with E-state index in [1.807, 2.05) is 20.0 Å². The second-order valence-corrected chi connectivity index (χ2v) is 5.15. The van der Waals surface area contributed by atoms with Gasteiger partial charge in [-0.1, -0.05) is 13.8 Å². The van der Waals surface area contributed by atoms with Gasteiger partial charge in [0.15, 0.2) is 0 Å². The molecule has 2 rings (SSSR count). The van der Waals surface area contributed by atoms with E-state index in [4.69, 9.17) is 0 Å². The topological polar surface area (TPSA) is 49.8 Å². The Bertz CT molecular complexity index is 387. The van der Waals surface area contributed by atoms with Crippen molar-refractivity contribution < 1.29 is 0 Å². The van der Waals surface area contributed by atoms with Crippen LogP contribution in [-0.4, -0.2) is 22.6 Å². The van der Waals surface area contributed by atoms with E-state index >= 15 is 0 Å². The van der Waals surface area contributed by atoms with Crippen LogP contribution in [0.3, 0.4) is 0 Å². The van der Waals surface area contributed by atoms with Gasteiger partial charge in [0.2, 0.25) is 5.95 Å². The Labute approximate surface area is 96.9 Å². The zero-order valence-corrected chi connectivity index (χ0v) is 10.5. The number of anilines is 2. The summed E-state index contributed by atoms with van der Waals surface area (Å²) in [5.74, 6) is 1.66.